The number of aromatic nitrogens is 3. The fourth-order valence-corrected chi connectivity index (χ4v) is 1.54. The zero-order valence-corrected chi connectivity index (χ0v) is 11.4. The van der Waals surface area contributed by atoms with Crippen molar-refractivity contribution < 1.29 is 14.2 Å². The number of nitrogen functional groups attached to an aromatic ring is 1. The van der Waals surface area contributed by atoms with E-state index in [1.165, 1.54) is 7.11 Å². The lowest BCUT2D eigenvalue weighted by atomic mass is 10.1. The average Bonchev–Trinajstić information content (AvgIpc) is 2.46. The topological polar surface area (TPSA) is 92.4 Å². The molecule has 0 saturated heterocycles. The smallest absolute Gasteiger partial charge is 0.330 e. The molecule has 0 amide bonds. The molecule has 2 aromatic rings. The quantitative estimate of drug-likeness (QED) is 0.853. The molecule has 0 aliphatic heterocycles. The number of rotatable bonds is 6. The molecular weight excluding hydrogens is 260 g/mol. The third kappa shape index (κ3) is 3.79. The van der Waals surface area contributed by atoms with Crippen molar-refractivity contribution in [2.45, 2.75) is 6.42 Å². The van der Waals surface area contributed by atoms with E-state index in [9.17, 15) is 0 Å². The maximum absolute atomic E-state index is 5.53. The third-order valence-corrected chi connectivity index (χ3v) is 2.52. The fourth-order valence-electron chi connectivity index (χ4n) is 1.54. The van der Waals surface area contributed by atoms with E-state index in [0.717, 1.165) is 12.0 Å². The van der Waals surface area contributed by atoms with Crippen LogP contribution in [0.25, 0.3) is 0 Å². The third-order valence-electron chi connectivity index (χ3n) is 2.52. The highest BCUT2D eigenvalue weighted by atomic mass is 16.5. The van der Waals surface area contributed by atoms with E-state index in [4.69, 9.17) is 19.9 Å². The number of hydrogen-bond donors (Lipinski definition) is 1. The Morgan fingerprint density at radius 2 is 1.70 bits per heavy atom. The van der Waals surface area contributed by atoms with Crippen molar-refractivity contribution in [1.29, 1.82) is 0 Å². The Morgan fingerprint density at radius 3 is 2.35 bits per heavy atom. The standard InChI is InChI=1S/C13H16N4O3/c1-18-8-7-9-3-5-10(6-4-9)20-13-16-11(14)15-12(17-13)19-2/h3-6H,7-8H2,1-2H3,(H2,14,15,16,17). The summed E-state index contributed by atoms with van der Waals surface area (Å²) in [6.07, 6.45) is 0.851. The van der Waals surface area contributed by atoms with Gasteiger partial charge in [0.15, 0.2) is 0 Å². The van der Waals surface area contributed by atoms with Crippen molar-refractivity contribution in [3.63, 3.8) is 0 Å². The number of nitrogens with zero attached hydrogens (tertiary/aromatic N) is 3. The van der Waals surface area contributed by atoms with E-state index in [-0.39, 0.29) is 18.0 Å². The van der Waals surface area contributed by atoms with E-state index in [1.54, 1.807) is 7.11 Å². The van der Waals surface area contributed by atoms with Crippen LogP contribution in [0.2, 0.25) is 0 Å². The van der Waals surface area contributed by atoms with Crippen LogP contribution >= 0.6 is 0 Å². The summed E-state index contributed by atoms with van der Waals surface area (Å²) in [6.45, 7) is 0.682. The first-order valence-electron chi connectivity index (χ1n) is 6.02. The first-order valence-corrected chi connectivity index (χ1v) is 6.02. The largest absolute Gasteiger partial charge is 0.467 e. The molecule has 0 saturated carbocycles. The molecule has 1 aromatic heterocycles. The number of anilines is 1. The lowest BCUT2D eigenvalue weighted by Crippen LogP contribution is -2.02. The van der Waals surface area contributed by atoms with Crippen LogP contribution in [0, 0.1) is 0 Å². The highest BCUT2D eigenvalue weighted by molar-refractivity contribution is 5.30. The monoisotopic (exact) mass is 276 g/mol. The first kappa shape index (κ1) is 14.0. The Hall–Kier alpha value is -2.41. The molecule has 0 unspecified atom stereocenters. The molecule has 1 aromatic carbocycles. The Morgan fingerprint density at radius 1 is 1.00 bits per heavy atom. The molecule has 0 spiro atoms. The molecule has 0 aliphatic rings. The summed E-state index contributed by atoms with van der Waals surface area (Å²) < 4.78 is 15.4. The second-order valence-corrected chi connectivity index (χ2v) is 3.95. The summed E-state index contributed by atoms with van der Waals surface area (Å²) in [5.41, 5.74) is 6.69. The summed E-state index contributed by atoms with van der Waals surface area (Å²) in [5, 5.41) is 0. The summed E-state index contributed by atoms with van der Waals surface area (Å²) >= 11 is 0. The van der Waals surface area contributed by atoms with E-state index < -0.39 is 0 Å². The van der Waals surface area contributed by atoms with Gasteiger partial charge in [0.2, 0.25) is 5.95 Å². The van der Waals surface area contributed by atoms with Crippen LogP contribution in [0.1, 0.15) is 5.56 Å². The van der Waals surface area contributed by atoms with E-state index in [1.807, 2.05) is 24.3 Å². The van der Waals surface area contributed by atoms with E-state index >= 15 is 0 Å². The summed E-state index contributed by atoms with van der Waals surface area (Å²) in [7, 11) is 3.12. The second kappa shape index (κ2) is 6.67. The minimum atomic E-state index is 0.0450. The van der Waals surface area contributed by atoms with Crippen LogP contribution in [-0.2, 0) is 11.2 Å². The van der Waals surface area contributed by atoms with Gasteiger partial charge in [0.05, 0.1) is 13.7 Å². The normalized spacial score (nSPS) is 10.3. The van der Waals surface area contributed by atoms with Crippen LogP contribution < -0.4 is 15.2 Å². The van der Waals surface area contributed by atoms with E-state index in [0.29, 0.717) is 12.4 Å². The molecule has 2 rings (SSSR count). The van der Waals surface area contributed by atoms with Gasteiger partial charge >= 0.3 is 12.0 Å². The lowest BCUT2D eigenvalue weighted by Gasteiger charge is -2.06. The van der Waals surface area contributed by atoms with Crippen molar-refractivity contribution in [3.05, 3.63) is 29.8 Å². The summed E-state index contributed by atoms with van der Waals surface area (Å²) in [4.78, 5) is 11.6. The van der Waals surface area contributed by atoms with Gasteiger partial charge < -0.3 is 19.9 Å². The van der Waals surface area contributed by atoms with Crippen molar-refractivity contribution in [3.8, 4) is 17.8 Å². The zero-order chi connectivity index (χ0) is 14.4. The van der Waals surface area contributed by atoms with Gasteiger partial charge in [0.1, 0.15) is 5.75 Å². The average molecular weight is 276 g/mol. The molecule has 2 N–H and O–H groups in total. The summed E-state index contributed by atoms with van der Waals surface area (Å²) in [5.74, 6) is 0.655. The number of methoxy groups -OCH3 is 2. The molecule has 0 radical (unpaired) electrons. The highest BCUT2D eigenvalue weighted by Gasteiger charge is 2.06. The van der Waals surface area contributed by atoms with Gasteiger partial charge in [0, 0.05) is 7.11 Å². The second-order valence-electron chi connectivity index (χ2n) is 3.95. The molecule has 7 heteroatoms. The Labute approximate surface area is 116 Å². The number of ether oxygens (including phenoxy) is 3. The van der Waals surface area contributed by atoms with Gasteiger partial charge in [0.25, 0.3) is 0 Å². The van der Waals surface area contributed by atoms with Crippen LogP contribution in [-0.4, -0.2) is 35.8 Å². The predicted molar refractivity (Wildman–Crippen MR) is 72.9 cm³/mol. The predicted octanol–water partition coefficient (Wildman–Crippen LogP) is 1.44. The van der Waals surface area contributed by atoms with Gasteiger partial charge in [-0.3, -0.25) is 0 Å². The van der Waals surface area contributed by atoms with Crippen molar-refractivity contribution in [1.82, 2.24) is 15.0 Å². The minimum absolute atomic E-state index is 0.0450. The molecule has 0 bridgehead atoms. The van der Waals surface area contributed by atoms with Gasteiger partial charge in [-0.25, -0.2) is 0 Å². The number of hydrogen-bond acceptors (Lipinski definition) is 7. The maximum Gasteiger partial charge on any atom is 0.330 e. The van der Waals surface area contributed by atoms with Gasteiger partial charge in [-0.1, -0.05) is 12.1 Å². The van der Waals surface area contributed by atoms with Crippen LogP contribution in [0.4, 0.5) is 5.95 Å². The van der Waals surface area contributed by atoms with E-state index in [2.05, 4.69) is 15.0 Å². The molecule has 0 atom stereocenters. The maximum atomic E-state index is 5.53. The zero-order valence-electron chi connectivity index (χ0n) is 11.4. The molecule has 0 aliphatic carbocycles. The Kier molecular flexibility index (Phi) is 4.67. The Balaban J connectivity index is 2.07. The van der Waals surface area contributed by atoms with Crippen molar-refractivity contribution >= 4 is 5.95 Å². The molecule has 7 nitrogen and oxygen atoms in total. The van der Waals surface area contributed by atoms with Gasteiger partial charge in [-0.2, -0.15) is 9.97 Å². The molecule has 20 heavy (non-hydrogen) atoms. The van der Waals surface area contributed by atoms with Crippen LogP contribution in [0.3, 0.4) is 0 Å². The van der Waals surface area contributed by atoms with Crippen LogP contribution in [0.15, 0.2) is 24.3 Å². The molecule has 0 fully saturated rings. The van der Waals surface area contributed by atoms with Crippen LogP contribution in [0.5, 0.6) is 17.8 Å². The SMILES string of the molecule is COCCc1ccc(Oc2nc(N)nc(OC)n2)cc1. The minimum Gasteiger partial charge on any atom is -0.467 e. The molecule has 106 valence electrons. The first-order chi connectivity index (χ1) is 9.71. The Bertz CT molecular complexity index is 560. The lowest BCUT2D eigenvalue weighted by molar-refractivity contribution is 0.202. The molecule has 1 heterocycles. The summed E-state index contributed by atoms with van der Waals surface area (Å²) in [6, 6.07) is 7.78. The highest BCUT2D eigenvalue weighted by Crippen LogP contribution is 2.20. The number of benzene rings is 1. The van der Waals surface area contributed by atoms with Crippen molar-refractivity contribution in [2.75, 3.05) is 26.6 Å². The molecular formula is C13H16N4O3. The van der Waals surface area contributed by atoms with Crippen molar-refractivity contribution in [2.24, 2.45) is 0 Å². The number of nitrogens with two attached hydrogens (primary N) is 1. The fraction of sp³-hybridized carbons (Fsp3) is 0.308. The van der Waals surface area contributed by atoms with Gasteiger partial charge in [-0.15, -0.1) is 4.98 Å². The van der Waals surface area contributed by atoms with Gasteiger partial charge in [-0.05, 0) is 24.1 Å².